The second-order valence-corrected chi connectivity index (χ2v) is 5.38. The summed E-state index contributed by atoms with van der Waals surface area (Å²) < 4.78 is 38.8. The summed E-state index contributed by atoms with van der Waals surface area (Å²) in [5, 5.41) is 8.96. The maximum absolute atomic E-state index is 12.9. The summed E-state index contributed by atoms with van der Waals surface area (Å²) in [6.45, 7) is 0.513. The van der Waals surface area contributed by atoms with Crippen LogP contribution < -0.4 is 5.73 Å². The lowest BCUT2D eigenvalue weighted by Gasteiger charge is -2.19. The molecular formula is C14H15F3N2O3. The minimum atomic E-state index is -4.66. The third kappa shape index (κ3) is 3.00. The first kappa shape index (κ1) is 16.1. The Kier molecular flexibility index (Phi) is 4.04. The molecule has 0 radical (unpaired) electrons. The first-order valence-corrected chi connectivity index (χ1v) is 6.56. The Morgan fingerprint density at radius 3 is 2.45 bits per heavy atom. The highest BCUT2D eigenvalue weighted by atomic mass is 19.4. The van der Waals surface area contributed by atoms with Crippen molar-refractivity contribution in [1.82, 2.24) is 4.90 Å². The first-order valence-electron chi connectivity index (χ1n) is 6.56. The first-order chi connectivity index (χ1) is 10.1. The molecule has 2 rings (SSSR count). The third-order valence-corrected chi connectivity index (χ3v) is 3.84. The Hall–Kier alpha value is -2.25. The number of benzene rings is 1. The topological polar surface area (TPSA) is 83.6 Å². The molecule has 8 heteroatoms. The monoisotopic (exact) mass is 316 g/mol. The number of carbonyl (C=O) groups excluding carboxylic acids is 1. The molecule has 0 aliphatic carbocycles. The molecule has 0 bridgehead atoms. The molecule has 0 saturated carbocycles. The van der Waals surface area contributed by atoms with Gasteiger partial charge in [0.15, 0.2) is 0 Å². The van der Waals surface area contributed by atoms with Gasteiger partial charge in [-0.05, 0) is 24.6 Å². The Bertz CT molecular complexity index is 616. The molecule has 0 aromatic heterocycles. The lowest BCUT2D eigenvalue weighted by atomic mass is 9.96. The molecule has 5 nitrogen and oxygen atoms in total. The van der Waals surface area contributed by atoms with Crippen LogP contribution in [-0.4, -0.2) is 41.1 Å². The molecule has 1 aromatic carbocycles. The summed E-state index contributed by atoms with van der Waals surface area (Å²) in [7, 11) is 0. The van der Waals surface area contributed by atoms with Gasteiger partial charge in [-0.2, -0.15) is 13.2 Å². The number of aryl methyl sites for hydroxylation is 1. The lowest BCUT2D eigenvalue weighted by molar-refractivity contribution is -0.187. The Labute approximate surface area is 124 Å². The number of alkyl halides is 3. The zero-order valence-electron chi connectivity index (χ0n) is 11.7. The minimum absolute atomic E-state index is 0.187. The number of nitrogen functional groups attached to an aromatic ring is 1. The Morgan fingerprint density at radius 1 is 1.32 bits per heavy atom. The Morgan fingerprint density at radius 2 is 1.95 bits per heavy atom. The fourth-order valence-electron chi connectivity index (χ4n) is 2.59. The van der Waals surface area contributed by atoms with E-state index < -0.39 is 43.0 Å². The molecule has 1 aliphatic rings. The van der Waals surface area contributed by atoms with Crippen LogP contribution in [0.15, 0.2) is 18.2 Å². The normalized spacial score (nSPS) is 21.9. The van der Waals surface area contributed by atoms with Crippen LogP contribution in [0.5, 0.6) is 0 Å². The second-order valence-electron chi connectivity index (χ2n) is 5.38. The number of nitrogens with two attached hydrogens (primary N) is 1. The number of halogens is 3. The van der Waals surface area contributed by atoms with Gasteiger partial charge in [0.25, 0.3) is 5.91 Å². The van der Waals surface area contributed by atoms with Crippen LogP contribution in [0.25, 0.3) is 0 Å². The van der Waals surface area contributed by atoms with Gasteiger partial charge in [0, 0.05) is 24.3 Å². The van der Waals surface area contributed by atoms with E-state index in [9.17, 15) is 22.8 Å². The molecule has 1 saturated heterocycles. The zero-order chi connectivity index (χ0) is 16.7. The van der Waals surface area contributed by atoms with E-state index in [0.29, 0.717) is 11.3 Å². The van der Waals surface area contributed by atoms with E-state index in [-0.39, 0.29) is 5.56 Å². The average Bonchev–Trinajstić information content (AvgIpc) is 2.86. The molecule has 120 valence electrons. The summed E-state index contributed by atoms with van der Waals surface area (Å²) >= 11 is 0. The van der Waals surface area contributed by atoms with Gasteiger partial charge in [-0.3, -0.25) is 9.59 Å². The molecule has 0 spiro atoms. The van der Waals surface area contributed by atoms with Crippen molar-refractivity contribution >= 4 is 17.6 Å². The summed E-state index contributed by atoms with van der Waals surface area (Å²) in [6.07, 6.45) is -4.66. The lowest BCUT2D eigenvalue weighted by Crippen LogP contribution is -2.34. The number of hydrogen-bond donors (Lipinski definition) is 2. The third-order valence-electron chi connectivity index (χ3n) is 3.84. The number of anilines is 1. The molecule has 1 fully saturated rings. The number of nitrogens with zero attached hydrogens (tertiary/aromatic N) is 1. The van der Waals surface area contributed by atoms with Gasteiger partial charge in [-0.1, -0.05) is 6.07 Å². The van der Waals surface area contributed by atoms with Gasteiger partial charge in [-0.25, -0.2) is 0 Å². The highest BCUT2D eigenvalue weighted by molar-refractivity contribution is 5.97. The molecule has 1 aliphatic heterocycles. The van der Waals surface area contributed by atoms with E-state index in [2.05, 4.69) is 0 Å². The predicted octanol–water partition coefficient (Wildman–Crippen LogP) is 1.91. The maximum atomic E-state index is 12.9. The van der Waals surface area contributed by atoms with Gasteiger partial charge in [0.1, 0.15) is 0 Å². The molecular weight excluding hydrogens is 301 g/mol. The SMILES string of the molecule is Cc1ccc(N)cc1C(=O)N1C[C@@H](C(F)(F)F)[C@H](C(=O)O)C1. The van der Waals surface area contributed by atoms with Crippen molar-refractivity contribution in [2.45, 2.75) is 13.1 Å². The Balaban J connectivity index is 2.29. The van der Waals surface area contributed by atoms with Crippen molar-refractivity contribution < 1.29 is 27.9 Å². The van der Waals surface area contributed by atoms with Crippen molar-refractivity contribution in [3.05, 3.63) is 29.3 Å². The number of amides is 1. The highest BCUT2D eigenvalue weighted by Crippen LogP contribution is 2.38. The number of aliphatic carboxylic acids is 1. The number of hydrogen-bond acceptors (Lipinski definition) is 3. The maximum Gasteiger partial charge on any atom is 0.394 e. The summed E-state index contributed by atoms with van der Waals surface area (Å²) in [5.41, 5.74) is 6.66. The summed E-state index contributed by atoms with van der Waals surface area (Å²) in [6, 6.07) is 4.55. The number of likely N-dealkylation sites (tertiary alicyclic amines) is 1. The van der Waals surface area contributed by atoms with Gasteiger partial charge in [-0.15, -0.1) is 0 Å². The van der Waals surface area contributed by atoms with Crippen molar-refractivity contribution in [1.29, 1.82) is 0 Å². The van der Waals surface area contributed by atoms with E-state index >= 15 is 0 Å². The minimum Gasteiger partial charge on any atom is -0.481 e. The number of carboxylic acid groups (broad SMARTS) is 1. The molecule has 22 heavy (non-hydrogen) atoms. The quantitative estimate of drug-likeness (QED) is 0.817. The zero-order valence-corrected chi connectivity index (χ0v) is 11.7. The fraction of sp³-hybridized carbons (Fsp3) is 0.429. The van der Waals surface area contributed by atoms with Crippen LogP contribution in [0.1, 0.15) is 15.9 Å². The number of carboxylic acids is 1. The van der Waals surface area contributed by atoms with E-state index in [1.54, 1.807) is 19.1 Å². The highest BCUT2D eigenvalue weighted by Gasteiger charge is 2.53. The summed E-state index contributed by atoms with van der Waals surface area (Å²) in [4.78, 5) is 24.3. The van der Waals surface area contributed by atoms with Crippen LogP contribution in [0, 0.1) is 18.8 Å². The van der Waals surface area contributed by atoms with Crippen LogP contribution >= 0.6 is 0 Å². The molecule has 1 heterocycles. The molecule has 3 N–H and O–H groups in total. The van der Waals surface area contributed by atoms with Crippen LogP contribution in [0.2, 0.25) is 0 Å². The van der Waals surface area contributed by atoms with Gasteiger partial charge in [0.05, 0.1) is 11.8 Å². The standard InChI is InChI=1S/C14H15F3N2O3/c1-7-2-3-8(18)4-9(7)12(20)19-5-10(13(21)22)11(6-19)14(15,16)17/h2-4,10-11H,5-6,18H2,1H3,(H,21,22)/t10-,11-/m1/s1. The summed E-state index contributed by atoms with van der Waals surface area (Å²) in [5.74, 6) is -5.90. The van der Waals surface area contributed by atoms with Crippen molar-refractivity contribution in [3.63, 3.8) is 0 Å². The molecule has 1 aromatic rings. The van der Waals surface area contributed by atoms with Crippen LogP contribution in [-0.2, 0) is 4.79 Å². The van der Waals surface area contributed by atoms with Crippen LogP contribution in [0.4, 0.5) is 18.9 Å². The van der Waals surface area contributed by atoms with Crippen molar-refractivity contribution in [2.75, 3.05) is 18.8 Å². The average molecular weight is 316 g/mol. The van der Waals surface area contributed by atoms with Crippen LogP contribution in [0.3, 0.4) is 0 Å². The van der Waals surface area contributed by atoms with Gasteiger partial charge >= 0.3 is 12.1 Å². The predicted molar refractivity (Wildman–Crippen MR) is 72.2 cm³/mol. The fourth-order valence-corrected chi connectivity index (χ4v) is 2.59. The van der Waals surface area contributed by atoms with E-state index in [4.69, 9.17) is 10.8 Å². The second kappa shape index (κ2) is 5.51. The molecule has 0 unspecified atom stereocenters. The molecule has 1 amide bonds. The van der Waals surface area contributed by atoms with E-state index in [0.717, 1.165) is 4.90 Å². The van der Waals surface area contributed by atoms with Crippen molar-refractivity contribution in [3.8, 4) is 0 Å². The van der Waals surface area contributed by atoms with E-state index in [1.165, 1.54) is 6.07 Å². The van der Waals surface area contributed by atoms with Gasteiger partial charge in [0.2, 0.25) is 0 Å². The van der Waals surface area contributed by atoms with Crippen molar-refractivity contribution in [2.24, 2.45) is 11.8 Å². The largest absolute Gasteiger partial charge is 0.481 e. The molecule has 2 atom stereocenters. The smallest absolute Gasteiger partial charge is 0.394 e. The number of rotatable bonds is 2. The van der Waals surface area contributed by atoms with E-state index in [1.807, 2.05) is 0 Å². The van der Waals surface area contributed by atoms with Gasteiger partial charge < -0.3 is 15.7 Å². The number of carbonyl (C=O) groups is 2.